The van der Waals surface area contributed by atoms with Crippen molar-refractivity contribution in [2.24, 2.45) is 0 Å². The van der Waals surface area contributed by atoms with Crippen molar-refractivity contribution in [1.29, 1.82) is 0 Å². The zero-order valence-corrected chi connectivity index (χ0v) is 27.4. The molecular weight excluding hydrogens is 593 g/mol. The van der Waals surface area contributed by atoms with Crippen LogP contribution in [0.4, 0.5) is 11.4 Å². The van der Waals surface area contributed by atoms with E-state index < -0.39 is 0 Å². The Balaban J connectivity index is 1.73. The van der Waals surface area contributed by atoms with Crippen LogP contribution in [0.5, 0.6) is 23.0 Å². The molecular formula is C34H38N4O4S2. The lowest BCUT2D eigenvalue weighted by Gasteiger charge is -2.42. The molecule has 0 aliphatic heterocycles. The van der Waals surface area contributed by atoms with Crippen molar-refractivity contribution in [2.45, 2.75) is 12.1 Å². The maximum Gasteiger partial charge on any atom is 0.173 e. The van der Waals surface area contributed by atoms with Crippen molar-refractivity contribution in [3.8, 4) is 23.0 Å². The third-order valence-corrected chi connectivity index (χ3v) is 8.14. The fourth-order valence-corrected chi connectivity index (χ4v) is 5.45. The number of anilines is 2. The standard InChI is InChI=1S/C34H38N4O4S2/c1-37(33(43)35-27-19-17-25(39-3)21-29(27)41-5)31(23-13-9-7-10-14-23)32(24-15-11-8-12-16-24)38(2)34(44)36-28-20-18-26(40-4)22-30(28)42-6/h7-22,31-32H,1-6H3,(H,35,43)(H,36,44)/t31-,32-/m1/s1. The van der Waals surface area contributed by atoms with E-state index in [1.807, 2.05) is 86.9 Å². The lowest BCUT2D eigenvalue weighted by Crippen LogP contribution is -2.45. The van der Waals surface area contributed by atoms with Gasteiger partial charge >= 0.3 is 0 Å². The van der Waals surface area contributed by atoms with E-state index in [9.17, 15) is 0 Å². The lowest BCUT2D eigenvalue weighted by atomic mass is 9.91. The molecule has 0 bridgehead atoms. The summed E-state index contributed by atoms with van der Waals surface area (Å²) in [5.41, 5.74) is 3.58. The largest absolute Gasteiger partial charge is 0.497 e. The Labute approximate surface area is 270 Å². The Morgan fingerprint density at radius 2 is 0.909 bits per heavy atom. The highest BCUT2D eigenvalue weighted by Crippen LogP contribution is 2.39. The van der Waals surface area contributed by atoms with Gasteiger partial charge in [0.1, 0.15) is 23.0 Å². The molecule has 4 rings (SSSR count). The van der Waals surface area contributed by atoms with Crippen LogP contribution in [0.15, 0.2) is 97.1 Å². The summed E-state index contributed by atoms with van der Waals surface area (Å²) in [7, 11) is 10.4. The van der Waals surface area contributed by atoms with E-state index in [0.717, 1.165) is 22.5 Å². The molecule has 230 valence electrons. The lowest BCUT2D eigenvalue weighted by molar-refractivity contribution is 0.221. The van der Waals surface area contributed by atoms with Gasteiger partial charge in [-0.05, 0) is 59.8 Å². The van der Waals surface area contributed by atoms with Crippen molar-refractivity contribution in [3.63, 3.8) is 0 Å². The summed E-state index contributed by atoms with van der Waals surface area (Å²) in [6.07, 6.45) is 0. The third kappa shape index (κ3) is 7.50. The Hall–Kier alpha value is -4.54. The van der Waals surface area contributed by atoms with Crippen molar-refractivity contribution in [2.75, 3.05) is 53.2 Å². The summed E-state index contributed by atoms with van der Waals surface area (Å²) in [6, 6.07) is 31.1. The van der Waals surface area contributed by atoms with Crippen LogP contribution in [0.25, 0.3) is 0 Å². The number of nitrogens with zero attached hydrogens (tertiary/aromatic N) is 2. The smallest absolute Gasteiger partial charge is 0.173 e. The minimum atomic E-state index is -0.259. The second-order valence-corrected chi connectivity index (χ2v) is 10.7. The van der Waals surface area contributed by atoms with Gasteiger partial charge in [0.15, 0.2) is 10.2 Å². The first-order chi connectivity index (χ1) is 21.3. The molecule has 0 saturated heterocycles. The topological polar surface area (TPSA) is 67.5 Å². The average molecular weight is 631 g/mol. The number of thiocarbonyl (C=S) groups is 2. The molecule has 0 unspecified atom stereocenters. The Morgan fingerprint density at radius 1 is 0.545 bits per heavy atom. The number of hydrogen-bond acceptors (Lipinski definition) is 6. The minimum Gasteiger partial charge on any atom is -0.497 e. The Bertz CT molecular complexity index is 1440. The second kappa shape index (κ2) is 15.3. The fraction of sp³-hybridized carbons (Fsp3) is 0.235. The van der Waals surface area contributed by atoms with Crippen molar-refractivity contribution in [1.82, 2.24) is 9.80 Å². The van der Waals surface area contributed by atoms with Gasteiger partial charge < -0.3 is 39.4 Å². The molecule has 44 heavy (non-hydrogen) atoms. The molecule has 2 atom stereocenters. The molecule has 0 spiro atoms. The number of rotatable bonds is 11. The number of hydrogen-bond donors (Lipinski definition) is 2. The third-order valence-electron chi connectivity index (χ3n) is 7.36. The summed E-state index contributed by atoms with van der Waals surface area (Å²) in [5, 5.41) is 7.78. The van der Waals surface area contributed by atoms with Crippen molar-refractivity contribution in [3.05, 3.63) is 108 Å². The Kier molecular flexibility index (Phi) is 11.2. The Morgan fingerprint density at radius 3 is 1.23 bits per heavy atom. The average Bonchev–Trinajstić information content (AvgIpc) is 3.07. The van der Waals surface area contributed by atoms with Gasteiger partial charge in [-0.1, -0.05) is 60.7 Å². The van der Waals surface area contributed by atoms with E-state index in [-0.39, 0.29) is 12.1 Å². The summed E-state index contributed by atoms with van der Waals surface area (Å²) in [4.78, 5) is 4.11. The fourth-order valence-electron chi connectivity index (χ4n) is 5.00. The van der Waals surface area contributed by atoms with Crippen LogP contribution < -0.4 is 29.6 Å². The molecule has 8 nitrogen and oxygen atoms in total. The summed E-state index contributed by atoms with van der Waals surface area (Å²) >= 11 is 12.0. The first-order valence-electron chi connectivity index (χ1n) is 13.9. The predicted molar refractivity (Wildman–Crippen MR) is 185 cm³/mol. The normalized spacial score (nSPS) is 11.9. The number of likely N-dealkylation sites (N-methyl/N-ethyl adjacent to an activating group) is 2. The van der Waals surface area contributed by atoms with Gasteiger partial charge in [-0.3, -0.25) is 0 Å². The molecule has 0 fully saturated rings. The highest BCUT2D eigenvalue weighted by atomic mass is 32.1. The van der Waals surface area contributed by atoms with Gasteiger partial charge in [0.05, 0.1) is 51.9 Å². The van der Waals surface area contributed by atoms with Crippen LogP contribution in [-0.4, -0.2) is 62.6 Å². The molecule has 4 aromatic carbocycles. The molecule has 0 aromatic heterocycles. The van der Waals surface area contributed by atoms with Gasteiger partial charge in [-0.2, -0.15) is 0 Å². The van der Waals surface area contributed by atoms with Crippen LogP contribution in [0.1, 0.15) is 23.2 Å². The van der Waals surface area contributed by atoms with Gasteiger partial charge in [0, 0.05) is 26.2 Å². The zero-order chi connectivity index (χ0) is 31.6. The number of ether oxygens (including phenoxy) is 4. The first kappa shape index (κ1) is 32.4. The summed E-state index contributed by atoms with van der Waals surface area (Å²) < 4.78 is 22.0. The maximum atomic E-state index is 6.02. The molecule has 2 N–H and O–H groups in total. The molecule has 10 heteroatoms. The summed E-state index contributed by atoms with van der Waals surface area (Å²) in [5.74, 6) is 2.61. The highest BCUT2D eigenvalue weighted by Gasteiger charge is 2.34. The van der Waals surface area contributed by atoms with Gasteiger partial charge in [-0.25, -0.2) is 0 Å². The molecule has 0 heterocycles. The molecule has 0 saturated carbocycles. The van der Waals surface area contributed by atoms with Crippen LogP contribution in [0, 0.1) is 0 Å². The minimum absolute atomic E-state index is 0.259. The number of methoxy groups -OCH3 is 4. The van der Waals surface area contributed by atoms with Crippen LogP contribution in [0.3, 0.4) is 0 Å². The van der Waals surface area contributed by atoms with E-state index >= 15 is 0 Å². The van der Waals surface area contributed by atoms with E-state index in [4.69, 9.17) is 43.4 Å². The van der Waals surface area contributed by atoms with Crippen molar-refractivity contribution >= 4 is 46.0 Å². The summed E-state index contributed by atoms with van der Waals surface area (Å²) in [6.45, 7) is 0. The zero-order valence-electron chi connectivity index (χ0n) is 25.7. The number of nitrogens with one attached hydrogen (secondary N) is 2. The van der Waals surface area contributed by atoms with Crippen LogP contribution >= 0.6 is 24.4 Å². The maximum absolute atomic E-state index is 6.02. The first-order valence-corrected chi connectivity index (χ1v) is 14.7. The van der Waals surface area contributed by atoms with Crippen LogP contribution in [-0.2, 0) is 0 Å². The van der Waals surface area contributed by atoms with Crippen LogP contribution in [0.2, 0.25) is 0 Å². The van der Waals surface area contributed by atoms with Gasteiger partial charge in [0.2, 0.25) is 0 Å². The SMILES string of the molecule is COc1ccc(NC(=S)N(C)[C@H](c2ccccc2)[C@@H](c2ccccc2)N(C)C(=S)Nc2ccc(OC)cc2OC)c(OC)c1. The molecule has 4 aromatic rings. The molecule has 0 radical (unpaired) electrons. The quantitative estimate of drug-likeness (QED) is 0.167. The van der Waals surface area contributed by atoms with E-state index in [1.54, 1.807) is 28.4 Å². The monoisotopic (exact) mass is 630 g/mol. The highest BCUT2D eigenvalue weighted by molar-refractivity contribution is 7.80. The molecule has 0 aliphatic rings. The predicted octanol–water partition coefficient (Wildman–Crippen LogP) is 7.16. The second-order valence-electron chi connectivity index (χ2n) is 9.93. The van der Waals surface area contributed by atoms with Crippen molar-refractivity contribution < 1.29 is 18.9 Å². The van der Waals surface area contributed by atoms with E-state index in [1.165, 1.54) is 0 Å². The van der Waals surface area contributed by atoms with Gasteiger partial charge in [0.25, 0.3) is 0 Å². The van der Waals surface area contributed by atoms with E-state index in [0.29, 0.717) is 33.2 Å². The van der Waals surface area contributed by atoms with E-state index in [2.05, 4.69) is 44.7 Å². The molecule has 0 amide bonds. The van der Waals surface area contributed by atoms with Gasteiger partial charge in [-0.15, -0.1) is 0 Å². The number of benzene rings is 4. The molecule has 0 aliphatic carbocycles.